The van der Waals surface area contributed by atoms with E-state index in [2.05, 4.69) is 45.4 Å². The fourth-order valence-electron chi connectivity index (χ4n) is 9.32. The van der Waals surface area contributed by atoms with Crippen LogP contribution in [0.5, 0.6) is 5.75 Å². The normalized spacial score (nSPS) is 32.9. The molecule has 1 amide bonds. The molecular formula is C40H57ClN4O4S. The first-order valence-electron chi connectivity index (χ1n) is 19.3. The Morgan fingerprint density at radius 1 is 0.980 bits per heavy atom. The highest BCUT2D eigenvalue weighted by Gasteiger charge is 2.41. The van der Waals surface area contributed by atoms with Gasteiger partial charge in [-0.15, -0.1) is 0 Å². The SMILES string of the molecule is CCCc1cc(Cl)ccc1C1COc2ccc3cc2N(C1)CC1CCC1C(CN1CCN2CCOCC2C1)CCCC(C)C(C)S(=O)NC3=O. The molecule has 8 nitrogen and oxygen atoms in total. The fraction of sp³-hybridized carbons (Fsp3) is 0.675. The zero-order chi connectivity index (χ0) is 34.8. The summed E-state index contributed by atoms with van der Waals surface area (Å²) in [5, 5.41) is 0.650. The van der Waals surface area contributed by atoms with Crippen LogP contribution < -0.4 is 14.4 Å². The van der Waals surface area contributed by atoms with Crippen LogP contribution in [0.4, 0.5) is 5.69 Å². The third kappa shape index (κ3) is 8.07. The number of halogens is 1. The monoisotopic (exact) mass is 724 g/mol. The van der Waals surface area contributed by atoms with E-state index in [4.69, 9.17) is 21.1 Å². The number of benzene rings is 2. The largest absolute Gasteiger partial charge is 0.491 e. The van der Waals surface area contributed by atoms with E-state index in [1.807, 2.05) is 31.2 Å². The first-order chi connectivity index (χ1) is 24.3. The second-order valence-electron chi connectivity index (χ2n) is 15.8. The number of nitrogens with one attached hydrogen (secondary N) is 1. The Morgan fingerprint density at radius 2 is 1.86 bits per heavy atom. The minimum Gasteiger partial charge on any atom is -0.491 e. The second kappa shape index (κ2) is 16.2. The van der Waals surface area contributed by atoms with Crippen LogP contribution in [0.1, 0.15) is 86.7 Å². The molecule has 7 rings (SSSR count). The number of hydrogen-bond donors (Lipinski definition) is 1. The summed E-state index contributed by atoms with van der Waals surface area (Å²) in [4.78, 5) is 21.4. The van der Waals surface area contributed by atoms with Gasteiger partial charge in [0.05, 0.1) is 30.8 Å². The number of amides is 1. The summed E-state index contributed by atoms with van der Waals surface area (Å²) in [6.45, 7) is 16.1. The number of nitrogens with zero attached hydrogens (tertiary/aromatic N) is 3. The maximum Gasteiger partial charge on any atom is 0.263 e. The molecule has 2 bridgehead atoms. The van der Waals surface area contributed by atoms with Gasteiger partial charge in [0.25, 0.3) is 5.91 Å². The van der Waals surface area contributed by atoms with Crippen molar-refractivity contribution < 1.29 is 18.5 Å². The van der Waals surface area contributed by atoms with Crippen molar-refractivity contribution in [1.82, 2.24) is 14.5 Å². The van der Waals surface area contributed by atoms with Crippen LogP contribution >= 0.6 is 11.6 Å². The number of morpholine rings is 1. The maximum atomic E-state index is 13.5. The highest BCUT2D eigenvalue weighted by molar-refractivity contribution is 7.84. The molecule has 8 unspecified atom stereocenters. The van der Waals surface area contributed by atoms with Crippen molar-refractivity contribution in [3.05, 3.63) is 58.1 Å². The van der Waals surface area contributed by atoms with Crippen molar-refractivity contribution in [2.24, 2.45) is 23.7 Å². The van der Waals surface area contributed by atoms with Crippen molar-refractivity contribution in [1.29, 1.82) is 0 Å². The number of aryl methyl sites for hydroxylation is 1. The smallest absolute Gasteiger partial charge is 0.263 e. The Hall–Kier alpha value is -2.17. The number of carbonyl (C=O) groups excluding carboxylic acids is 1. The lowest BCUT2D eigenvalue weighted by atomic mass is 9.65. The van der Waals surface area contributed by atoms with Gasteiger partial charge < -0.3 is 19.3 Å². The fourth-order valence-corrected chi connectivity index (χ4v) is 10.6. The van der Waals surface area contributed by atoms with Gasteiger partial charge in [-0.2, -0.15) is 0 Å². The van der Waals surface area contributed by atoms with E-state index in [0.29, 0.717) is 36.0 Å². The predicted molar refractivity (Wildman–Crippen MR) is 203 cm³/mol. The van der Waals surface area contributed by atoms with Gasteiger partial charge >= 0.3 is 0 Å². The van der Waals surface area contributed by atoms with Crippen LogP contribution in [0.25, 0.3) is 0 Å². The van der Waals surface area contributed by atoms with Crippen LogP contribution in [0.2, 0.25) is 5.02 Å². The van der Waals surface area contributed by atoms with E-state index < -0.39 is 11.0 Å². The van der Waals surface area contributed by atoms with Crippen molar-refractivity contribution in [2.45, 2.75) is 82.9 Å². The lowest BCUT2D eigenvalue weighted by Crippen LogP contribution is -2.59. The molecule has 0 radical (unpaired) electrons. The van der Waals surface area contributed by atoms with Crippen LogP contribution in [0, 0.1) is 23.7 Å². The molecule has 3 fully saturated rings. The third-order valence-electron chi connectivity index (χ3n) is 12.6. The summed E-state index contributed by atoms with van der Waals surface area (Å²) < 4.78 is 28.8. The van der Waals surface area contributed by atoms with E-state index in [-0.39, 0.29) is 23.0 Å². The van der Waals surface area contributed by atoms with Gasteiger partial charge in [-0.1, -0.05) is 44.4 Å². The molecule has 2 saturated heterocycles. The Balaban J connectivity index is 1.19. The van der Waals surface area contributed by atoms with E-state index >= 15 is 0 Å². The average Bonchev–Trinajstić information content (AvgIpc) is 3.28. The van der Waals surface area contributed by atoms with Crippen molar-refractivity contribution in [3.63, 3.8) is 0 Å². The Bertz CT molecular complexity index is 1530. The molecule has 1 saturated carbocycles. The molecule has 5 aliphatic rings. The number of rotatable bonds is 5. The van der Waals surface area contributed by atoms with Crippen molar-refractivity contribution in [2.75, 3.05) is 70.5 Å². The molecule has 4 aliphatic heterocycles. The van der Waals surface area contributed by atoms with Crippen LogP contribution in [0.3, 0.4) is 0 Å². The zero-order valence-electron chi connectivity index (χ0n) is 30.3. The predicted octanol–water partition coefficient (Wildman–Crippen LogP) is 6.54. The summed E-state index contributed by atoms with van der Waals surface area (Å²) in [5.41, 5.74) is 4.11. The minimum absolute atomic E-state index is 0.126. The van der Waals surface area contributed by atoms with Gasteiger partial charge in [-0.05, 0) is 104 Å². The van der Waals surface area contributed by atoms with Gasteiger partial charge in [0.1, 0.15) is 16.7 Å². The number of carbonyl (C=O) groups is 1. The summed E-state index contributed by atoms with van der Waals surface area (Å²) >= 11 is 6.50. The van der Waals surface area contributed by atoms with E-state index in [1.165, 1.54) is 30.4 Å². The molecular weight excluding hydrogens is 668 g/mol. The number of fused-ring (bicyclic) bond motifs is 3. The standard InChI is InChI=1S/C40H57ClN4O4S/c1-4-6-29-19-34(41)11-13-36(29)33-23-45-22-32-9-12-37(32)31(21-43-15-16-44-17-18-48-26-35(44)24-43)8-5-7-27(2)28(3)50(47)42-40(46)30-10-14-39(49-25-33)38(45)20-30/h10-11,13-14,19-20,27-28,31-33,35,37H,4-9,12,15-18,21-26H2,1-3H3,(H,42,46). The highest BCUT2D eigenvalue weighted by Crippen LogP contribution is 2.45. The summed E-state index contributed by atoms with van der Waals surface area (Å²) in [7, 11) is -1.47. The first kappa shape index (κ1) is 36.2. The highest BCUT2D eigenvalue weighted by atomic mass is 35.5. The summed E-state index contributed by atoms with van der Waals surface area (Å²) in [6, 6.07) is 12.6. The third-order valence-corrected chi connectivity index (χ3v) is 14.4. The van der Waals surface area contributed by atoms with Gasteiger partial charge in [0.2, 0.25) is 0 Å². The second-order valence-corrected chi connectivity index (χ2v) is 17.8. The zero-order valence-corrected chi connectivity index (χ0v) is 31.9. The molecule has 10 heteroatoms. The molecule has 0 aromatic heterocycles. The first-order valence-corrected chi connectivity index (χ1v) is 20.9. The Labute approximate surface area is 307 Å². The lowest BCUT2D eigenvalue weighted by molar-refractivity contribution is -0.0519. The van der Waals surface area contributed by atoms with Crippen molar-refractivity contribution in [3.8, 4) is 5.75 Å². The molecule has 1 aliphatic carbocycles. The van der Waals surface area contributed by atoms with Crippen LogP contribution in [-0.4, -0.2) is 96.8 Å². The molecule has 50 heavy (non-hydrogen) atoms. The summed E-state index contributed by atoms with van der Waals surface area (Å²) in [5.74, 6) is 2.83. The average molecular weight is 725 g/mol. The van der Waals surface area contributed by atoms with Crippen LogP contribution in [-0.2, 0) is 22.1 Å². The van der Waals surface area contributed by atoms with Gasteiger partial charge in [-0.25, -0.2) is 4.21 Å². The van der Waals surface area contributed by atoms with Gasteiger partial charge in [0, 0.05) is 68.4 Å². The summed E-state index contributed by atoms with van der Waals surface area (Å²) in [6.07, 6.45) is 7.87. The maximum absolute atomic E-state index is 13.5. The molecule has 0 spiro atoms. The topological polar surface area (TPSA) is 74.3 Å². The molecule has 1 N–H and O–H groups in total. The minimum atomic E-state index is -1.47. The Morgan fingerprint density at radius 3 is 2.68 bits per heavy atom. The number of hydrogen-bond acceptors (Lipinski definition) is 7. The quantitative estimate of drug-likeness (QED) is 0.376. The molecule has 2 aromatic rings. The Kier molecular flexibility index (Phi) is 11.8. The molecule has 8 atom stereocenters. The molecule has 274 valence electrons. The lowest BCUT2D eigenvalue weighted by Gasteiger charge is -2.48. The van der Waals surface area contributed by atoms with Crippen molar-refractivity contribution >= 4 is 34.2 Å². The van der Waals surface area contributed by atoms with Gasteiger partial charge in [0.15, 0.2) is 0 Å². The molecule has 2 aromatic carbocycles. The van der Waals surface area contributed by atoms with E-state index in [0.717, 1.165) is 101 Å². The van der Waals surface area contributed by atoms with E-state index in [1.54, 1.807) is 0 Å². The number of ether oxygens (including phenoxy) is 2. The van der Waals surface area contributed by atoms with Crippen LogP contribution in [0.15, 0.2) is 36.4 Å². The number of piperazine rings is 1. The van der Waals surface area contributed by atoms with E-state index in [9.17, 15) is 9.00 Å². The number of anilines is 1. The molecule has 4 heterocycles. The van der Waals surface area contributed by atoms with Gasteiger partial charge in [-0.3, -0.25) is 14.4 Å².